The summed E-state index contributed by atoms with van der Waals surface area (Å²) in [4.78, 5) is 26.1. The molecule has 2 amide bonds. The van der Waals surface area contributed by atoms with Crippen LogP contribution in [0.15, 0.2) is 0 Å². The van der Waals surface area contributed by atoms with Gasteiger partial charge in [-0.15, -0.1) is 6.42 Å². The van der Waals surface area contributed by atoms with Crippen molar-refractivity contribution < 1.29 is 14.7 Å². The molecule has 0 aromatic heterocycles. The smallest absolute Gasteiger partial charge is 0.326 e. The number of amides is 2. The van der Waals surface area contributed by atoms with Crippen molar-refractivity contribution in [3.63, 3.8) is 0 Å². The Labute approximate surface area is 108 Å². The lowest BCUT2D eigenvalue weighted by Crippen LogP contribution is -2.53. The molecule has 100 valence electrons. The van der Waals surface area contributed by atoms with Crippen molar-refractivity contribution in [3.8, 4) is 12.3 Å². The van der Waals surface area contributed by atoms with E-state index in [0.29, 0.717) is 18.9 Å². The molecular formula is C13H20N2O3. The number of piperidine rings is 1. The van der Waals surface area contributed by atoms with Crippen molar-refractivity contribution in [2.24, 2.45) is 5.92 Å². The van der Waals surface area contributed by atoms with Gasteiger partial charge < -0.3 is 14.9 Å². The van der Waals surface area contributed by atoms with Crippen molar-refractivity contribution in [2.75, 3.05) is 20.1 Å². The second kappa shape index (κ2) is 6.29. The van der Waals surface area contributed by atoms with Gasteiger partial charge in [-0.3, -0.25) is 0 Å². The van der Waals surface area contributed by atoms with Gasteiger partial charge in [-0.25, -0.2) is 9.59 Å². The highest BCUT2D eigenvalue weighted by Crippen LogP contribution is 2.26. The number of carbonyl (C=O) groups excluding carboxylic acids is 1. The van der Waals surface area contributed by atoms with E-state index in [2.05, 4.69) is 5.92 Å². The van der Waals surface area contributed by atoms with Crippen LogP contribution in [0, 0.1) is 18.3 Å². The highest BCUT2D eigenvalue weighted by atomic mass is 16.4. The van der Waals surface area contributed by atoms with E-state index in [1.165, 1.54) is 9.80 Å². The lowest BCUT2D eigenvalue weighted by Gasteiger charge is -2.38. The molecule has 5 heteroatoms. The Morgan fingerprint density at radius 2 is 2.22 bits per heavy atom. The highest BCUT2D eigenvalue weighted by molar-refractivity contribution is 5.83. The normalized spacial score (nSPS) is 23.3. The summed E-state index contributed by atoms with van der Waals surface area (Å²) >= 11 is 0. The number of carboxylic acids is 1. The summed E-state index contributed by atoms with van der Waals surface area (Å²) in [5.41, 5.74) is 0. The van der Waals surface area contributed by atoms with Gasteiger partial charge in [0.25, 0.3) is 0 Å². The van der Waals surface area contributed by atoms with Crippen LogP contribution in [0.3, 0.4) is 0 Å². The average Bonchev–Trinajstić information content (AvgIpc) is 2.37. The lowest BCUT2D eigenvalue weighted by molar-refractivity contribution is -0.144. The van der Waals surface area contributed by atoms with Gasteiger partial charge in [0, 0.05) is 13.6 Å². The molecule has 5 nitrogen and oxygen atoms in total. The Morgan fingerprint density at radius 1 is 1.56 bits per heavy atom. The molecule has 1 saturated heterocycles. The van der Waals surface area contributed by atoms with Crippen LogP contribution in [-0.2, 0) is 4.79 Å². The summed E-state index contributed by atoms with van der Waals surface area (Å²) in [5, 5.41) is 9.23. The topological polar surface area (TPSA) is 60.9 Å². The summed E-state index contributed by atoms with van der Waals surface area (Å²) in [6, 6.07) is -1.02. The molecule has 0 bridgehead atoms. The molecule has 0 aromatic rings. The molecule has 0 aliphatic carbocycles. The first kappa shape index (κ1) is 14.4. The van der Waals surface area contributed by atoms with Gasteiger partial charge in [0.2, 0.25) is 0 Å². The molecule has 1 fully saturated rings. The van der Waals surface area contributed by atoms with Crippen molar-refractivity contribution in [3.05, 3.63) is 0 Å². The van der Waals surface area contributed by atoms with Gasteiger partial charge in [0.05, 0.1) is 6.54 Å². The van der Waals surface area contributed by atoms with Gasteiger partial charge >= 0.3 is 12.0 Å². The summed E-state index contributed by atoms with van der Waals surface area (Å²) < 4.78 is 0. The summed E-state index contributed by atoms with van der Waals surface area (Å²) in [6.45, 7) is 2.73. The van der Waals surface area contributed by atoms with Crippen molar-refractivity contribution in [1.29, 1.82) is 0 Å². The zero-order valence-electron chi connectivity index (χ0n) is 10.9. The van der Waals surface area contributed by atoms with E-state index in [1.807, 2.05) is 6.92 Å². The van der Waals surface area contributed by atoms with E-state index in [0.717, 1.165) is 12.8 Å². The number of terminal acetylenes is 1. The van der Waals surface area contributed by atoms with Gasteiger partial charge in [-0.1, -0.05) is 19.3 Å². The Balaban J connectivity index is 2.77. The predicted molar refractivity (Wildman–Crippen MR) is 68.0 cm³/mol. The number of aliphatic carboxylic acids is 1. The minimum Gasteiger partial charge on any atom is -0.480 e. The number of rotatable bonds is 3. The molecule has 2 atom stereocenters. The number of nitrogens with zero attached hydrogens (tertiary/aromatic N) is 2. The fraction of sp³-hybridized carbons (Fsp3) is 0.692. The molecule has 1 aliphatic heterocycles. The Morgan fingerprint density at radius 3 is 2.72 bits per heavy atom. The first-order chi connectivity index (χ1) is 8.51. The second-order valence-corrected chi connectivity index (χ2v) is 4.69. The molecule has 0 radical (unpaired) electrons. The third-order valence-electron chi connectivity index (χ3n) is 3.47. The van der Waals surface area contributed by atoms with E-state index >= 15 is 0 Å². The fourth-order valence-corrected chi connectivity index (χ4v) is 2.30. The largest absolute Gasteiger partial charge is 0.480 e. The van der Waals surface area contributed by atoms with E-state index in [-0.39, 0.29) is 12.6 Å². The van der Waals surface area contributed by atoms with Crippen LogP contribution in [0.2, 0.25) is 0 Å². The van der Waals surface area contributed by atoms with Gasteiger partial charge in [-0.2, -0.15) is 0 Å². The van der Waals surface area contributed by atoms with Crippen LogP contribution in [0.25, 0.3) is 0 Å². The Hall–Kier alpha value is -1.70. The summed E-state index contributed by atoms with van der Waals surface area (Å²) in [5.74, 6) is 1.83. The number of urea groups is 1. The van der Waals surface area contributed by atoms with Gasteiger partial charge in [-0.05, 0) is 18.8 Å². The minimum atomic E-state index is -0.935. The highest BCUT2D eigenvalue weighted by Gasteiger charge is 2.36. The molecule has 1 aliphatic rings. The van der Waals surface area contributed by atoms with Crippen LogP contribution in [0.1, 0.15) is 26.2 Å². The number of hydrogen-bond donors (Lipinski definition) is 1. The standard InChI is InChI=1S/C13H20N2O3/c1-4-7-14(3)13(18)15-8-6-10(5-2)9-11(15)12(16)17/h1,10-11H,5-9H2,2-3H3,(H,16,17). The molecule has 0 aromatic carbocycles. The molecule has 1 rings (SSSR count). The summed E-state index contributed by atoms with van der Waals surface area (Å²) in [6.07, 6.45) is 7.49. The first-order valence-electron chi connectivity index (χ1n) is 6.19. The third kappa shape index (κ3) is 3.16. The molecular weight excluding hydrogens is 232 g/mol. The number of hydrogen-bond acceptors (Lipinski definition) is 2. The zero-order valence-corrected chi connectivity index (χ0v) is 10.9. The van der Waals surface area contributed by atoms with Crippen LogP contribution >= 0.6 is 0 Å². The zero-order chi connectivity index (χ0) is 13.7. The molecule has 1 heterocycles. The van der Waals surface area contributed by atoms with Gasteiger partial charge in [0.1, 0.15) is 6.04 Å². The van der Waals surface area contributed by atoms with E-state index in [9.17, 15) is 14.7 Å². The molecule has 0 spiro atoms. The van der Waals surface area contributed by atoms with Gasteiger partial charge in [0.15, 0.2) is 0 Å². The van der Waals surface area contributed by atoms with Crippen LogP contribution in [-0.4, -0.2) is 53.1 Å². The first-order valence-corrected chi connectivity index (χ1v) is 6.19. The maximum absolute atomic E-state index is 12.1. The minimum absolute atomic E-state index is 0.193. The molecule has 1 N–H and O–H groups in total. The van der Waals surface area contributed by atoms with Crippen molar-refractivity contribution in [2.45, 2.75) is 32.2 Å². The average molecular weight is 252 g/mol. The van der Waals surface area contributed by atoms with E-state index in [4.69, 9.17) is 6.42 Å². The quantitative estimate of drug-likeness (QED) is 0.769. The van der Waals surface area contributed by atoms with Crippen LogP contribution in [0.5, 0.6) is 0 Å². The maximum atomic E-state index is 12.1. The Bertz CT molecular complexity index is 362. The van der Waals surface area contributed by atoms with E-state index < -0.39 is 12.0 Å². The number of likely N-dealkylation sites (tertiary alicyclic amines) is 1. The van der Waals surface area contributed by atoms with E-state index in [1.54, 1.807) is 7.05 Å². The van der Waals surface area contributed by atoms with Crippen molar-refractivity contribution in [1.82, 2.24) is 9.80 Å². The third-order valence-corrected chi connectivity index (χ3v) is 3.47. The number of carboxylic acid groups (broad SMARTS) is 1. The predicted octanol–water partition coefficient (Wildman–Crippen LogP) is 1.25. The number of carbonyl (C=O) groups is 2. The SMILES string of the molecule is C#CCN(C)C(=O)N1CCC(CC)CC1C(=O)O. The molecule has 0 saturated carbocycles. The summed E-state index contributed by atoms with van der Waals surface area (Å²) in [7, 11) is 1.59. The van der Waals surface area contributed by atoms with Crippen LogP contribution in [0.4, 0.5) is 4.79 Å². The monoisotopic (exact) mass is 252 g/mol. The van der Waals surface area contributed by atoms with Crippen molar-refractivity contribution >= 4 is 12.0 Å². The Kier molecular flexibility index (Phi) is 5.02. The van der Waals surface area contributed by atoms with Crippen LogP contribution < -0.4 is 0 Å². The fourth-order valence-electron chi connectivity index (χ4n) is 2.30. The lowest BCUT2D eigenvalue weighted by atomic mass is 9.89. The molecule has 2 unspecified atom stereocenters. The second-order valence-electron chi connectivity index (χ2n) is 4.69. The molecule has 18 heavy (non-hydrogen) atoms. The maximum Gasteiger partial charge on any atom is 0.326 e.